The van der Waals surface area contributed by atoms with Gasteiger partial charge in [-0.05, 0) is 50.3 Å². The monoisotopic (exact) mass is 327 g/mol. The molecule has 0 bridgehead atoms. The highest BCUT2D eigenvalue weighted by molar-refractivity contribution is 5.28. The molecule has 128 valence electrons. The number of ether oxygens (including phenoxy) is 1. The number of rotatable bonds is 4. The Labute approximate surface area is 143 Å². The maximum Gasteiger partial charge on any atom is 0.244 e. The number of hydrogen-bond acceptors (Lipinski definition) is 5. The highest BCUT2D eigenvalue weighted by atomic mass is 16.5. The van der Waals surface area contributed by atoms with Crippen LogP contribution in [-0.2, 0) is 11.2 Å². The molecular formula is C19H25N3O2. The van der Waals surface area contributed by atoms with Crippen molar-refractivity contribution in [1.82, 2.24) is 15.0 Å². The summed E-state index contributed by atoms with van der Waals surface area (Å²) in [7, 11) is 0. The van der Waals surface area contributed by atoms with Gasteiger partial charge in [-0.15, -0.1) is 0 Å². The minimum atomic E-state index is 0.284. The number of aryl methyl sites for hydroxylation is 1. The Hall–Kier alpha value is -1.72. The summed E-state index contributed by atoms with van der Waals surface area (Å²) in [4.78, 5) is 7.29. The van der Waals surface area contributed by atoms with E-state index in [0.717, 1.165) is 57.2 Å². The van der Waals surface area contributed by atoms with Gasteiger partial charge in [0.2, 0.25) is 5.89 Å². The molecule has 0 N–H and O–H groups in total. The van der Waals surface area contributed by atoms with E-state index in [2.05, 4.69) is 41.2 Å². The zero-order valence-corrected chi connectivity index (χ0v) is 14.3. The summed E-state index contributed by atoms with van der Waals surface area (Å²) in [5, 5.41) is 4.24. The summed E-state index contributed by atoms with van der Waals surface area (Å²) in [6.07, 6.45) is 5.28. The molecule has 2 aliphatic rings. The van der Waals surface area contributed by atoms with E-state index in [1.807, 2.05) is 0 Å². The van der Waals surface area contributed by atoms with E-state index in [1.165, 1.54) is 17.5 Å². The van der Waals surface area contributed by atoms with Crippen molar-refractivity contribution < 1.29 is 9.26 Å². The first-order valence-electron chi connectivity index (χ1n) is 9.02. The van der Waals surface area contributed by atoms with Crippen LogP contribution in [0.25, 0.3) is 0 Å². The summed E-state index contributed by atoms with van der Waals surface area (Å²) in [5.41, 5.74) is 2.53. The zero-order valence-electron chi connectivity index (χ0n) is 14.3. The van der Waals surface area contributed by atoms with E-state index in [9.17, 15) is 0 Å². The molecule has 4 rings (SSSR count). The minimum Gasteiger partial charge on any atom is -0.381 e. The van der Waals surface area contributed by atoms with Gasteiger partial charge in [0.15, 0.2) is 5.82 Å². The average Bonchev–Trinajstić information content (AvgIpc) is 3.27. The van der Waals surface area contributed by atoms with Gasteiger partial charge in [-0.25, -0.2) is 0 Å². The Kier molecular flexibility index (Phi) is 4.63. The van der Waals surface area contributed by atoms with Crippen LogP contribution in [0.5, 0.6) is 0 Å². The topological polar surface area (TPSA) is 51.4 Å². The van der Waals surface area contributed by atoms with Gasteiger partial charge < -0.3 is 9.26 Å². The SMILES string of the molecule is Cc1ccccc1Cc1noc([C@@H]2CCCN2C2CCOCC2)n1. The number of hydrogen-bond donors (Lipinski definition) is 0. The van der Waals surface area contributed by atoms with Gasteiger partial charge in [-0.2, -0.15) is 4.98 Å². The maximum absolute atomic E-state index is 5.65. The molecular weight excluding hydrogens is 302 g/mol. The van der Waals surface area contributed by atoms with Crippen molar-refractivity contribution in [3.8, 4) is 0 Å². The molecule has 0 amide bonds. The minimum absolute atomic E-state index is 0.284. The van der Waals surface area contributed by atoms with Crippen LogP contribution < -0.4 is 0 Å². The fraction of sp³-hybridized carbons (Fsp3) is 0.579. The number of aromatic nitrogens is 2. The second-order valence-corrected chi connectivity index (χ2v) is 6.89. The van der Waals surface area contributed by atoms with Gasteiger partial charge >= 0.3 is 0 Å². The van der Waals surface area contributed by atoms with E-state index in [0.29, 0.717) is 6.04 Å². The summed E-state index contributed by atoms with van der Waals surface area (Å²) in [6.45, 7) is 5.00. The van der Waals surface area contributed by atoms with Crippen molar-refractivity contribution in [1.29, 1.82) is 0 Å². The Morgan fingerprint density at radius 3 is 2.83 bits per heavy atom. The Balaban J connectivity index is 1.48. The Morgan fingerprint density at radius 1 is 1.17 bits per heavy atom. The second-order valence-electron chi connectivity index (χ2n) is 6.89. The molecule has 2 saturated heterocycles. The highest BCUT2D eigenvalue weighted by Crippen LogP contribution is 2.35. The molecule has 1 aromatic carbocycles. The summed E-state index contributed by atoms with van der Waals surface area (Å²) in [5.74, 6) is 1.58. The van der Waals surface area contributed by atoms with E-state index >= 15 is 0 Å². The molecule has 0 radical (unpaired) electrons. The summed E-state index contributed by atoms with van der Waals surface area (Å²) in [6, 6.07) is 9.26. The van der Waals surface area contributed by atoms with Gasteiger partial charge in [0.1, 0.15) is 0 Å². The van der Waals surface area contributed by atoms with Crippen LogP contribution in [0.1, 0.15) is 54.6 Å². The molecule has 0 unspecified atom stereocenters. The van der Waals surface area contributed by atoms with Crippen molar-refractivity contribution in [2.45, 2.75) is 51.1 Å². The molecule has 1 aromatic heterocycles. The quantitative estimate of drug-likeness (QED) is 0.862. The van der Waals surface area contributed by atoms with Crippen LogP contribution in [0.2, 0.25) is 0 Å². The third-order valence-electron chi connectivity index (χ3n) is 5.33. The predicted octanol–water partition coefficient (Wildman–Crippen LogP) is 3.28. The molecule has 5 nitrogen and oxygen atoms in total. The molecule has 2 fully saturated rings. The lowest BCUT2D eigenvalue weighted by Gasteiger charge is -2.33. The number of likely N-dealkylation sites (tertiary alicyclic amines) is 1. The van der Waals surface area contributed by atoms with Crippen LogP contribution in [0.3, 0.4) is 0 Å². The number of benzene rings is 1. The average molecular weight is 327 g/mol. The smallest absolute Gasteiger partial charge is 0.244 e. The van der Waals surface area contributed by atoms with Crippen molar-refractivity contribution in [3.05, 3.63) is 47.1 Å². The molecule has 0 aliphatic carbocycles. The highest BCUT2D eigenvalue weighted by Gasteiger charge is 2.35. The molecule has 2 aromatic rings. The third-order valence-corrected chi connectivity index (χ3v) is 5.33. The second kappa shape index (κ2) is 7.03. The molecule has 0 saturated carbocycles. The lowest BCUT2D eigenvalue weighted by molar-refractivity contribution is 0.0243. The fourth-order valence-electron chi connectivity index (χ4n) is 3.96. The fourth-order valence-corrected chi connectivity index (χ4v) is 3.96. The van der Waals surface area contributed by atoms with Gasteiger partial charge in [0, 0.05) is 25.7 Å². The van der Waals surface area contributed by atoms with Crippen LogP contribution in [0, 0.1) is 6.92 Å². The largest absolute Gasteiger partial charge is 0.381 e. The standard InChI is InChI=1S/C19H25N3O2/c1-14-5-2-3-6-15(14)13-18-20-19(24-21-18)17-7-4-10-22(17)16-8-11-23-12-9-16/h2-3,5-6,16-17H,4,7-13H2,1H3/t17-/m0/s1. The van der Waals surface area contributed by atoms with Crippen LogP contribution in [-0.4, -0.2) is 40.8 Å². The van der Waals surface area contributed by atoms with Crippen LogP contribution in [0.4, 0.5) is 0 Å². The summed E-state index contributed by atoms with van der Waals surface area (Å²) < 4.78 is 11.2. The molecule has 3 heterocycles. The third kappa shape index (κ3) is 3.23. The molecule has 5 heteroatoms. The maximum atomic E-state index is 5.65. The summed E-state index contributed by atoms with van der Waals surface area (Å²) >= 11 is 0. The van der Waals surface area contributed by atoms with Gasteiger partial charge in [-0.3, -0.25) is 4.90 Å². The lowest BCUT2D eigenvalue weighted by Crippen LogP contribution is -2.39. The van der Waals surface area contributed by atoms with Crippen molar-refractivity contribution in [3.63, 3.8) is 0 Å². The number of nitrogens with zero attached hydrogens (tertiary/aromatic N) is 3. The molecule has 24 heavy (non-hydrogen) atoms. The van der Waals surface area contributed by atoms with Gasteiger partial charge in [0.05, 0.1) is 6.04 Å². The first-order chi connectivity index (χ1) is 11.8. The Bertz CT molecular complexity index is 679. The van der Waals surface area contributed by atoms with E-state index < -0.39 is 0 Å². The van der Waals surface area contributed by atoms with Crippen LogP contribution >= 0.6 is 0 Å². The zero-order chi connectivity index (χ0) is 16.4. The molecule has 0 spiro atoms. The Morgan fingerprint density at radius 2 is 2.00 bits per heavy atom. The normalized spacial score (nSPS) is 23.0. The first kappa shape index (κ1) is 15.8. The first-order valence-corrected chi connectivity index (χ1v) is 9.02. The van der Waals surface area contributed by atoms with E-state index in [1.54, 1.807) is 0 Å². The van der Waals surface area contributed by atoms with Crippen LogP contribution in [0.15, 0.2) is 28.8 Å². The molecule has 2 aliphatic heterocycles. The van der Waals surface area contributed by atoms with E-state index in [4.69, 9.17) is 14.2 Å². The van der Waals surface area contributed by atoms with Crippen molar-refractivity contribution in [2.24, 2.45) is 0 Å². The van der Waals surface area contributed by atoms with Gasteiger partial charge in [-0.1, -0.05) is 29.4 Å². The van der Waals surface area contributed by atoms with Crippen molar-refractivity contribution in [2.75, 3.05) is 19.8 Å². The van der Waals surface area contributed by atoms with Crippen molar-refractivity contribution >= 4 is 0 Å². The predicted molar refractivity (Wildman–Crippen MR) is 90.8 cm³/mol. The molecule has 1 atom stereocenters. The van der Waals surface area contributed by atoms with E-state index in [-0.39, 0.29) is 6.04 Å². The van der Waals surface area contributed by atoms with Gasteiger partial charge in [0.25, 0.3) is 0 Å². The lowest BCUT2D eigenvalue weighted by atomic mass is 10.1.